The lowest BCUT2D eigenvalue weighted by Crippen LogP contribution is -1.91. The van der Waals surface area contributed by atoms with E-state index in [2.05, 4.69) is 41.1 Å². The molecule has 0 aliphatic carbocycles. The number of ether oxygens (including phenoxy) is 1. The van der Waals surface area contributed by atoms with E-state index >= 15 is 0 Å². The summed E-state index contributed by atoms with van der Waals surface area (Å²) in [5.74, 6) is 1.35. The molecule has 0 aliphatic heterocycles. The van der Waals surface area contributed by atoms with Gasteiger partial charge >= 0.3 is 0 Å². The Morgan fingerprint density at radius 1 is 1.10 bits per heavy atom. The van der Waals surface area contributed by atoms with Gasteiger partial charge in [-0.2, -0.15) is 5.26 Å². The van der Waals surface area contributed by atoms with Crippen LogP contribution in [0.5, 0.6) is 11.5 Å². The summed E-state index contributed by atoms with van der Waals surface area (Å²) >= 11 is 3.38. The first-order valence-corrected chi connectivity index (χ1v) is 7.74. The van der Waals surface area contributed by atoms with E-state index in [9.17, 15) is 5.26 Å². The molecule has 2 aromatic rings. The van der Waals surface area contributed by atoms with Gasteiger partial charge in [0.2, 0.25) is 0 Å². The second-order valence-electron chi connectivity index (χ2n) is 4.57. The molecule has 0 amide bonds. The molecule has 102 valence electrons. The van der Waals surface area contributed by atoms with E-state index in [0.29, 0.717) is 11.3 Å². The third-order valence-corrected chi connectivity index (χ3v) is 3.66. The summed E-state index contributed by atoms with van der Waals surface area (Å²) in [4.78, 5) is 0. The number of hydrogen-bond donors (Lipinski definition) is 0. The van der Waals surface area contributed by atoms with Crippen molar-refractivity contribution in [3.8, 4) is 17.6 Å². The van der Waals surface area contributed by atoms with Crippen molar-refractivity contribution in [3.63, 3.8) is 0 Å². The van der Waals surface area contributed by atoms with Crippen LogP contribution in [0.2, 0.25) is 0 Å². The molecule has 2 rings (SSSR count). The summed E-state index contributed by atoms with van der Waals surface area (Å²) in [6.07, 6.45) is 2.20. The minimum Gasteiger partial charge on any atom is -0.456 e. The molecule has 2 aromatic carbocycles. The second kappa shape index (κ2) is 7.12. The number of benzene rings is 2. The number of halogens is 1. The van der Waals surface area contributed by atoms with E-state index in [1.807, 2.05) is 30.3 Å². The fourth-order valence-electron chi connectivity index (χ4n) is 1.98. The van der Waals surface area contributed by atoms with E-state index in [4.69, 9.17) is 4.74 Å². The SMILES string of the molecule is CCCc1ccc(Oc2ccc(CBr)cc2C#N)cc1. The maximum atomic E-state index is 9.19. The molecule has 0 spiro atoms. The number of nitrogens with zero attached hydrogens (tertiary/aromatic N) is 1. The van der Waals surface area contributed by atoms with Crippen LogP contribution < -0.4 is 4.74 Å². The van der Waals surface area contributed by atoms with E-state index in [1.165, 1.54) is 5.56 Å². The molecule has 0 aromatic heterocycles. The van der Waals surface area contributed by atoms with Crippen molar-refractivity contribution >= 4 is 15.9 Å². The van der Waals surface area contributed by atoms with Crippen molar-refractivity contribution in [1.82, 2.24) is 0 Å². The number of rotatable bonds is 5. The molecule has 0 saturated heterocycles. The fourth-order valence-corrected chi connectivity index (χ4v) is 2.33. The summed E-state index contributed by atoms with van der Waals surface area (Å²) < 4.78 is 5.80. The monoisotopic (exact) mass is 329 g/mol. The van der Waals surface area contributed by atoms with Crippen LogP contribution in [0.1, 0.15) is 30.0 Å². The lowest BCUT2D eigenvalue weighted by atomic mass is 10.1. The smallest absolute Gasteiger partial charge is 0.145 e. The van der Waals surface area contributed by atoms with Crippen LogP contribution in [0.4, 0.5) is 0 Å². The third-order valence-electron chi connectivity index (χ3n) is 3.01. The van der Waals surface area contributed by atoms with Crippen LogP contribution >= 0.6 is 15.9 Å². The lowest BCUT2D eigenvalue weighted by molar-refractivity contribution is 0.480. The molecule has 0 bridgehead atoms. The minimum absolute atomic E-state index is 0.555. The van der Waals surface area contributed by atoms with Gasteiger partial charge in [-0.3, -0.25) is 0 Å². The third kappa shape index (κ3) is 3.61. The summed E-state index contributed by atoms with van der Waals surface area (Å²) in [5, 5.41) is 9.92. The minimum atomic E-state index is 0.555. The first-order chi connectivity index (χ1) is 9.76. The number of alkyl halides is 1. The Balaban J connectivity index is 2.19. The summed E-state index contributed by atoms with van der Waals surface area (Å²) in [7, 11) is 0. The summed E-state index contributed by atoms with van der Waals surface area (Å²) in [6, 6.07) is 15.8. The van der Waals surface area contributed by atoms with Crippen molar-refractivity contribution < 1.29 is 4.74 Å². The first-order valence-electron chi connectivity index (χ1n) is 6.62. The van der Waals surface area contributed by atoms with Crippen molar-refractivity contribution in [3.05, 3.63) is 59.2 Å². The molecule has 0 heterocycles. The van der Waals surface area contributed by atoms with E-state index in [0.717, 1.165) is 29.5 Å². The first kappa shape index (κ1) is 14.6. The zero-order valence-corrected chi connectivity index (χ0v) is 13.0. The second-order valence-corrected chi connectivity index (χ2v) is 5.13. The van der Waals surface area contributed by atoms with Crippen LogP contribution in [-0.4, -0.2) is 0 Å². The van der Waals surface area contributed by atoms with Crippen molar-refractivity contribution in [1.29, 1.82) is 5.26 Å². The van der Waals surface area contributed by atoms with Gasteiger partial charge in [-0.25, -0.2) is 0 Å². The molecule has 2 nitrogen and oxygen atoms in total. The van der Waals surface area contributed by atoms with Crippen LogP contribution in [-0.2, 0) is 11.8 Å². The van der Waals surface area contributed by atoms with Crippen molar-refractivity contribution in [2.45, 2.75) is 25.1 Å². The van der Waals surface area contributed by atoms with Gasteiger partial charge in [-0.15, -0.1) is 0 Å². The molecular weight excluding hydrogens is 314 g/mol. The quantitative estimate of drug-likeness (QED) is 0.706. The van der Waals surface area contributed by atoms with Crippen LogP contribution in [0.3, 0.4) is 0 Å². The van der Waals surface area contributed by atoms with Gasteiger partial charge in [0, 0.05) is 5.33 Å². The van der Waals surface area contributed by atoms with E-state index in [-0.39, 0.29) is 0 Å². The molecule has 20 heavy (non-hydrogen) atoms. The average molecular weight is 330 g/mol. The molecule has 0 aliphatic rings. The largest absolute Gasteiger partial charge is 0.456 e. The highest BCUT2D eigenvalue weighted by Gasteiger charge is 2.06. The normalized spacial score (nSPS) is 10.1. The summed E-state index contributed by atoms with van der Waals surface area (Å²) in [5.41, 5.74) is 2.92. The highest BCUT2D eigenvalue weighted by atomic mass is 79.9. The van der Waals surface area contributed by atoms with Gasteiger partial charge in [0.25, 0.3) is 0 Å². The molecule has 0 saturated carbocycles. The van der Waals surface area contributed by atoms with Gasteiger partial charge < -0.3 is 4.74 Å². The molecule has 0 atom stereocenters. The Kier molecular flexibility index (Phi) is 5.20. The van der Waals surface area contributed by atoms with Gasteiger partial charge in [-0.05, 0) is 41.8 Å². The molecule has 3 heteroatoms. The van der Waals surface area contributed by atoms with Crippen LogP contribution in [0.25, 0.3) is 0 Å². The maximum Gasteiger partial charge on any atom is 0.145 e. The van der Waals surface area contributed by atoms with Gasteiger partial charge in [0.1, 0.15) is 17.6 Å². The number of nitriles is 1. The predicted octanol–water partition coefficient (Wildman–Crippen LogP) is 5.20. The van der Waals surface area contributed by atoms with Crippen LogP contribution in [0, 0.1) is 11.3 Å². The zero-order valence-electron chi connectivity index (χ0n) is 11.4. The number of hydrogen-bond acceptors (Lipinski definition) is 2. The highest BCUT2D eigenvalue weighted by Crippen LogP contribution is 2.27. The Bertz CT molecular complexity index is 614. The Labute approximate surface area is 128 Å². The van der Waals surface area contributed by atoms with Gasteiger partial charge in [0.05, 0.1) is 5.56 Å². The zero-order chi connectivity index (χ0) is 14.4. The van der Waals surface area contributed by atoms with Crippen LogP contribution in [0.15, 0.2) is 42.5 Å². The highest BCUT2D eigenvalue weighted by molar-refractivity contribution is 9.08. The molecule has 0 radical (unpaired) electrons. The maximum absolute atomic E-state index is 9.19. The molecule has 0 unspecified atom stereocenters. The Morgan fingerprint density at radius 3 is 2.40 bits per heavy atom. The molecular formula is C17H16BrNO. The topological polar surface area (TPSA) is 33.0 Å². The van der Waals surface area contributed by atoms with Gasteiger partial charge in [-0.1, -0.05) is 47.5 Å². The lowest BCUT2D eigenvalue weighted by Gasteiger charge is -2.09. The standard InChI is InChI=1S/C17H16BrNO/c1-2-3-13-4-7-16(8-5-13)20-17-9-6-14(11-18)10-15(17)12-19/h4-10H,2-3,11H2,1H3. The van der Waals surface area contributed by atoms with E-state index in [1.54, 1.807) is 0 Å². The Hall–Kier alpha value is -1.79. The van der Waals surface area contributed by atoms with Gasteiger partial charge in [0.15, 0.2) is 0 Å². The molecule has 0 N–H and O–H groups in total. The van der Waals surface area contributed by atoms with E-state index < -0.39 is 0 Å². The summed E-state index contributed by atoms with van der Waals surface area (Å²) in [6.45, 7) is 2.16. The molecule has 0 fully saturated rings. The fraction of sp³-hybridized carbons (Fsp3) is 0.235. The van der Waals surface area contributed by atoms with Crippen molar-refractivity contribution in [2.24, 2.45) is 0 Å². The van der Waals surface area contributed by atoms with Crippen molar-refractivity contribution in [2.75, 3.05) is 0 Å². The Morgan fingerprint density at radius 2 is 1.80 bits per heavy atom. The average Bonchev–Trinajstić information content (AvgIpc) is 2.50. The number of aryl methyl sites for hydroxylation is 1. The predicted molar refractivity (Wildman–Crippen MR) is 84.3 cm³/mol.